The SMILES string of the molecule is N#Cc1ccc(N2CCC[C@H](Sc3cccnn3)C2=O)cc1. The number of carbonyl (C=O) groups is 1. The molecule has 22 heavy (non-hydrogen) atoms. The normalized spacial score (nSPS) is 18.0. The fourth-order valence-corrected chi connectivity index (χ4v) is 3.48. The molecule has 1 atom stereocenters. The molecule has 1 aromatic carbocycles. The molecule has 0 N–H and O–H groups in total. The molecule has 1 aromatic heterocycles. The highest BCUT2D eigenvalue weighted by Gasteiger charge is 2.30. The largest absolute Gasteiger partial charge is 0.311 e. The van der Waals surface area contributed by atoms with E-state index in [0.29, 0.717) is 12.1 Å². The molecular weight excluding hydrogens is 296 g/mol. The Kier molecular flexibility index (Phi) is 4.35. The molecule has 0 unspecified atom stereocenters. The molecule has 1 fully saturated rings. The summed E-state index contributed by atoms with van der Waals surface area (Å²) >= 11 is 1.46. The van der Waals surface area contributed by atoms with E-state index in [2.05, 4.69) is 16.3 Å². The third-order valence-electron chi connectivity index (χ3n) is 3.51. The van der Waals surface area contributed by atoms with Crippen molar-refractivity contribution < 1.29 is 4.79 Å². The molecule has 6 heteroatoms. The predicted octanol–water partition coefficient (Wildman–Crippen LogP) is 2.64. The molecule has 1 aliphatic heterocycles. The van der Waals surface area contributed by atoms with E-state index in [4.69, 9.17) is 5.26 Å². The van der Waals surface area contributed by atoms with Gasteiger partial charge in [-0.25, -0.2) is 0 Å². The summed E-state index contributed by atoms with van der Waals surface area (Å²) < 4.78 is 0. The van der Waals surface area contributed by atoms with Gasteiger partial charge in [0.05, 0.1) is 16.9 Å². The Morgan fingerprint density at radius 2 is 2.09 bits per heavy atom. The van der Waals surface area contributed by atoms with Crippen LogP contribution in [-0.2, 0) is 4.79 Å². The first-order valence-corrected chi connectivity index (χ1v) is 7.92. The third kappa shape index (κ3) is 3.10. The Morgan fingerprint density at radius 3 is 2.77 bits per heavy atom. The Balaban J connectivity index is 1.76. The van der Waals surface area contributed by atoms with E-state index in [0.717, 1.165) is 23.6 Å². The van der Waals surface area contributed by atoms with Crippen LogP contribution in [0.4, 0.5) is 5.69 Å². The van der Waals surface area contributed by atoms with Crippen molar-refractivity contribution in [3.05, 3.63) is 48.2 Å². The van der Waals surface area contributed by atoms with Crippen molar-refractivity contribution in [3.63, 3.8) is 0 Å². The van der Waals surface area contributed by atoms with Gasteiger partial charge in [-0.2, -0.15) is 10.4 Å². The minimum atomic E-state index is -0.138. The van der Waals surface area contributed by atoms with Crippen molar-refractivity contribution in [2.24, 2.45) is 0 Å². The van der Waals surface area contributed by atoms with Gasteiger partial charge in [-0.05, 0) is 49.2 Å². The van der Waals surface area contributed by atoms with Crippen molar-refractivity contribution in [1.82, 2.24) is 10.2 Å². The van der Waals surface area contributed by atoms with E-state index in [-0.39, 0.29) is 11.2 Å². The highest BCUT2D eigenvalue weighted by atomic mass is 32.2. The molecule has 0 aliphatic carbocycles. The average Bonchev–Trinajstić information content (AvgIpc) is 2.58. The molecule has 0 spiro atoms. The molecule has 1 aliphatic rings. The molecular formula is C16H14N4OS. The molecule has 1 amide bonds. The molecule has 2 heterocycles. The number of benzene rings is 1. The fourth-order valence-electron chi connectivity index (χ4n) is 2.42. The zero-order valence-corrected chi connectivity index (χ0v) is 12.7. The Bertz CT molecular complexity index is 696. The van der Waals surface area contributed by atoms with Crippen molar-refractivity contribution in [2.45, 2.75) is 23.1 Å². The van der Waals surface area contributed by atoms with Crippen LogP contribution in [0.5, 0.6) is 0 Å². The van der Waals surface area contributed by atoms with Crippen LogP contribution in [-0.4, -0.2) is 27.9 Å². The maximum atomic E-state index is 12.7. The van der Waals surface area contributed by atoms with Gasteiger partial charge >= 0.3 is 0 Å². The van der Waals surface area contributed by atoms with Gasteiger partial charge in [0, 0.05) is 18.4 Å². The lowest BCUT2D eigenvalue weighted by Gasteiger charge is -2.31. The van der Waals surface area contributed by atoms with E-state index in [9.17, 15) is 4.79 Å². The van der Waals surface area contributed by atoms with Gasteiger partial charge in [-0.3, -0.25) is 4.79 Å². The molecule has 0 saturated carbocycles. The number of rotatable bonds is 3. The monoisotopic (exact) mass is 310 g/mol. The molecule has 1 saturated heterocycles. The first-order valence-electron chi connectivity index (χ1n) is 7.04. The molecule has 2 aromatic rings. The second-order valence-corrected chi connectivity index (χ2v) is 6.18. The van der Waals surface area contributed by atoms with Crippen LogP contribution in [0.3, 0.4) is 0 Å². The number of anilines is 1. The first kappa shape index (κ1) is 14.5. The molecule has 5 nitrogen and oxygen atoms in total. The number of piperidine rings is 1. The summed E-state index contributed by atoms with van der Waals surface area (Å²) in [4.78, 5) is 14.5. The van der Waals surface area contributed by atoms with Crippen LogP contribution in [0.15, 0.2) is 47.6 Å². The van der Waals surface area contributed by atoms with E-state index >= 15 is 0 Å². The maximum absolute atomic E-state index is 12.7. The van der Waals surface area contributed by atoms with E-state index < -0.39 is 0 Å². The lowest BCUT2D eigenvalue weighted by atomic mass is 10.1. The lowest BCUT2D eigenvalue weighted by molar-refractivity contribution is -0.119. The molecule has 0 radical (unpaired) electrons. The van der Waals surface area contributed by atoms with Gasteiger partial charge in [0.1, 0.15) is 5.03 Å². The fraction of sp³-hybridized carbons (Fsp3) is 0.250. The summed E-state index contributed by atoms with van der Waals surface area (Å²) in [5.74, 6) is 0.0895. The van der Waals surface area contributed by atoms with Crippen LogP contribution in [0, 0.1) is 11.3 Å². The third-order valence-corrected chi connectivity index (χ3v) is 4.69. The van der Waals surface area contributed by atoms with Gasteiger partial charge in [0.15, 0.2) is 0 Å². The minimum Gasteiger partial charge on any atom is -0.311 e. The highest BCUT2D eigenvalue weighted by Crippen LogP contribution is 2.31. The number of nitriles is 1. The van der Waals surface area contributed by atoms with Gasteiger partial charge < -0.3 is 4.90 Å². The van der Waals surface area contributed by atoms with Gasteiger partial charge in [-0.15, -0.1) is 5.10 Å². The molecule has 0 bridgehead atoms. The summed E-state index contributed by atoms with van der Waals surface area (Å²) in [6.07, 6.45) is 3.41. The van der Waals surface area contributed by atoms with Crippen LogP contribution in [0.2, 0.25) is 0 Å². The van der Waals surface area contributed by atoms with E-state index in [1.165, 1.54) is 11.8 Å². The van der Waals surface area contributed by atoms with E-state index in [1.54, 1.807) is 23.2 Å². The highest BCUT2D eigenvalue weighted by molar-refractivity contribution is 8.00. The summed E-state index contributed by atoms with van der Waals surface area (Å²) in [7, 11) is 0. The van der Waals surface area contributed by atoms with Crippen molar-refractivity contribution in [1.29, 1.82) is 5.26 Å². The predicted molar refractivity (Wildman–Crippen MR) is 84.4 cm³/mol. The number of carbonyl (C=O) groups excluding carboxylic acids is 1. The number of nitrogens with zero attached hydrogens (tertiary/aromatic N) is 4. The zero-order valence-electron chi connectivity index (χ0n) is 11.8. The van der Waals surface area contributed by atoms with E-state index in [1.807, 2.05) is 24.3 Å². The Labute approximate surface area is 133 Å². The lowest BCUT2D eigenvalue weighted by Crippen LogP contribution is -2.43. The quantitative estimate of drug-likeness (QED) is 0.871. The number of aromatic nitrogens is 2. The Hall–Kier alpha value is -2.39. The molecule has 110 valence electrons. The average molecular weight is 310 g/mol. The summed E-state index contributed by atoms with van der Waals surface area (Å²) in [6.45, 7) is 0.711. The van der Waals surface area contributed by atoms with Crippen LogP contribution in [0.1, 0.15) is 18.4 Å². The zero-order chi connectivity index (χ0) is 15.4. The standard InChI is InChI=1S/C16H14N4OS/c17-11-12-5-7-13(8-6-12)20-10-2-3-14(16(20)21)22-15-4-1-9-18-19-15/h1,4-9,14H,2-3,10H2/t14-/m0/s1. The van der Waals surface area contributed by atoms with Crippen molar-refractivity contribution in [3.8, 4) is 6.07 Å². The van der Waals surface area contributed by atoms with Gasteiger partial charge in [0.25, 0.3) is 0 Å². The smallest absolute Gasteiger partial charge is 0.240 e. The molecule has 3 rings (SSSR count). The van der Waals surface area contributed by atoms with Crippen molar-refractivity contribution in [2.75, 3.05) is 11.4 Å². The summed E-state index contributed by atoms with van der Waals surface area (Å²) in [5.41, 5.74) is 1.44. The first-order chi connectivity index (χ1) is 10.8. The Morgan fingerprint density at radius 1 is 1.27 bits per heavy atom. The second kappa shape index (κ2) is 6.58. The maximum Gasteiger partial charge on any atom is 0.240 e. The summed E-state index contributed by atoms with van der Waals surface area (Å²) in [5, 5.41) is 17.4. The summed E-state index contributed by atoms with van der Waals surface area (Å²) in [6, 6.07) is 12.9. The van der Waals surface area contributed by atoms with Crippen molar-refractivity contribution >= 4 is 23.4 Å². The van der Waals surface area contributed by atoms with Gasteiger partial charge in [-0.1, -0.05) is 11.8 Å². The topological polar surface area (TPSA) is 69.9 Å². The van der Waals surface area contributed by atoms with Gasteiger partial charge in [0.2, 0.25) is 5.91 Å². The van der Waals surface area contributed by atoms with Crippen LogP contribution >= 0.6 is 11.8 Å². The van der Waals surface area contributed by atoms with Crippen LogP contribution in [0.25, 0.3) is 0 Å². The number of amides is 1. The second-order valence-electron chi connectivity index (χ2n) is 4.96. The van der Waals surface area contributed by atoms with Crippen LogP contribution < -0.4 is 4.90 Å². The number of hydrogen-bond acceptors (Lipinski definition) is 5. The minimum absolute atomic E-state index is 0.0895. The number of hydrogen-bond donors (Lipinski definition) is 0. The number of thioether (sulfide) groups is 1.